The number of benzene rings is 3. The number of carbonyl (C=O) groups is 1. The van der Waals surface area contributed by atoms with Crippen LogP contribution in [-0.4, -0.2) is 21.2 Å². The van der Waals surface area contributed by atoms with Crippen LogP contribution in [0.4, 0.5) is 5.69 Å². The predicted octanol–water partition coefficient (Wildman–Crippen LogP) is 5.04. The van der Waals surface area contributed by atoms with Crippen LogP contribution in [0.1, 0.15) is 16.7 Å². The average molecular weight is 430 g/mol. The van der Waals surface area contributed by atoms with Crippen molar-refractivity contribution in [3.8, 4) is 5.69 Å². The lowest BCUT2D eigenvalue weighted by Gasteiger charge is -2.15. The highest BCUT2D eigenvalue weighted by molar-refractivity contribution is 7.99. The van der Waals surface area contributed by atoms with Crippen LogP contribution in [0.25, 0.3) is 16.6 Å². The van der Waals surface area contributed by atoms with Gasteiger partial charge in [-0.05, 0) is 55.7 Å². The molecule has 0 saturated heterocycles. The molecule has 1 amide bonds. The smallest absolute Gasteiger partial charge is 0.266 e. The molecule has 0 bridgehead atoms. The number of hydrogen-bond acceptors (Lipinski definition) is 4. The number of nitrogens with zero attached hydrogens (tertiary/aromatic N) is 2. The number of nitrogens with one attached hydrogen (secondary N) is 1. The van der Waals surface area contributed by atoms with Gasteiger partial charge in [-0.3, -0.25) is 14.2 Å². The van der Waals surface area contributed by atoms with Gasteiger partial charge in [-0.15, -0.1) is 0 Å². The SMILES string of the molecule is Cc1ccccc1-n1c(SCC(=O)Nc2c(C)cccc2C)nc2ccccc2c1=O. The van der Waals surface area contributed by atoms with E-state index in [0.717, 1.165) is 28.1 Å². The maximum atomic E-state index is 13.3. The lowest BCUT2D eigenvalue weighted by atomic mass is 10.1. The molecule has 0 saturated carbocycles. The van der Waals surface area contributed by atoms with Crippen LogP contribution in [-0.2, 0) is 4.79 Å². The second-order valence-corrected chi connectivity index (χ2v) is 8.38. The van der Waals surface area contributed by atoms with Crippen molar-refractivity contribution in [1.29, 1.82) is 0 Å². The van der Waals surface area contributed by atoms with E-state index in [4.69, 9.17) is 4.98 Å². The van der Waals surface area contributed by atoms with E-state index in [1.807, 2.05) is 81.4 Å². The molecule has 0 aliphatic rings. The Bertz CT molecular complexity index is 1320. The van der Waals surface area contributed by atoms with Gasteiger partial charge >= 0.3 is 0 Å². The molecule has 0 radical (unpaired) electrons. The summed E-state index contributed by atoms with van der Waals surface area (Å²) in [6, 6.07) is 20.9. The molecule has 1 N–H and O–H groups in total. The lowest BCUT2D eigenvalue weighted by Crippen LogP contribution is -2.23. The Labute approximate surface area is 185 Å². The van der Waals surface area contributed by atoms with E-state index < -0.39 is 0 Å². The van der Waals surface area contributed by atoms with Crippen molar-refractivity contribution in [3.05, 3.63) is 93.8 Å². The van der Waals surface area contributed by atoms with Crippen molar-refractivity contribution in [1.82, 2.24) is 9.55 Å². The largest absolute Gasteiger partial charge is 0.325 e. The van der Waals surface area contributed by atoms with Crippen LogP contribution < -0.4 is 10.9 Å². The zero-order valence-corrected chi connectivity index (χ0v) is 18.5. The zero-order chi connectivity index (χ0) is 22.0. The fourth-order valence-electron chi connectivity index (χ4n) is 3.55. The number of thioether (sulfide) groups is 1. The molecule has 31 heavy (non-hydrogen) atoms. The summed E-state index contributed by atoms with van der Waals surface area (Å²) in [6.07, 6.45) is 0. The van der Waals surface area contributed by atoms with Crippen molar-refractivity contribution in [2.75, 3.05) is 11.1 Å². The molecule has 4 rings (SSSR count). The minimum atomic E-state index is -0.141. The third-order valence-electron chi connectivity index (χ3n) is 5.18. The first kappa shape index (κ1) is 20.9. The number of carbonyl (C=O) groups excluding carboxylic acids is 1. The second kappa shape index (κ2) is 8.78. The quantitative estimate of drug-likeness (QED) is 0.356. The molecule has 4 aromatic rings. The molecule has 5 nitrogen and oxygen atoms in total. The molecular formula is C25H23N3O2S. The van der Waals surface area contributed by atoms with E-state index in [-0.39, 0.29) is 17.2 Å². The van der Waals surface area contributed by atoms with Crippen LogP contribution in [0.3, 0.4) is 0 Å². The molecule has 0 atom stereocenters. The average Bonchev–Trinajstić information content (AvgIpc) is 2.76. The van der Waals surface area contributed by atoms with Gasteiger partial charge in [0.25, 0.3) is 5.56 Å². The maximum absolute atomic E-state index is 13.3. The molecular weight excluding hydrogens is 406 g/mol. The van der Waals surface area contributed by atoms with Gasteiger partial charge in [0.15, 0.2) is 5.16 Å². The van der Waals surface area contributed by atoms with Crippen LogP contribution >= 0.6 is 11.8 Å². The van der Waals surface area contributed by atoms with Crippen LogP contribution in [0.5, 0.6) is 0 Å². The number of para-hydroxylation sites is 3. The minimum Gasteiger partial charge on any atom is -0.325 e. The topological polar surface area (TPSA) is 64.0 Å². The summed E-state index contributed by atoms with van der Waals surface area (Å²) in [7, 11) is 0. The Morgan fingerprint density at radius 2 is 1.55 bits per heavy atom. The molecule has 156 valence electrons. The van der Waals surface area contributed by atoms with Gasteiger partial charge in [-0.2, -0.15) is 0 Å². The summed E-state index contributed by atoms with van der Waals surface area (Å²) < 4.78 is 1.61. The summed E-state index contributed by atoms with van der Waals surface area (Å²) in [5, 5.41) is 4.04. The molecule has 0 aliphatic heterocycles. The highest BCUT2D eigenvalue weighted by atomic mass is 32.2. The number of hydrogen-bond donors (Lipinski definition) is 1. The Balaban J connectivity index is 1.70. The first-order valence-electron chi connectivity index (χ1n) is 10.0. The predicted molar refractivity (Wildman–Crippen MR) is 127 cm³/mol. The van der Waals surface area contributed by atoms with E-state index in [0.29, 0.717) is 16.1 Å². The Kier molecular flexibility index (Phi) is 5.91. The van der Waals surface area contributed by atoms with Gasteiger partial charge in [0.05, 0.1) is 22.3 Å². The Morgan fingerprint density at radius 1 is 0.903 bits per heavy atom. The van der Waals surface area contributed by atoms with E-state index in [9.17, 15) is 9.59 Å². The van der Waals surface area contributed by atoms with Crippen molar-refractivity contribution in [3.63, 3.8) is 0 Å². The van der Waals surface area contributed by atoms with E-state index in [2.05, 4.69) is 5.32 Å². The molecule has 1 aromatic heterocycles. The molecule has 6 heteroatoms. The van der Waals surface area contributed by atoms with Gasteiger partial charge in [0.1, 0.15) is 0 Å². The summed E-state index contributed by atoms with van der Waals surface area (Å²) in [5.74, 6) is 0.00546. The van der Waals surface area contributed by atoms with Crippen LogP contribution in [0.2, 0.25) is 0 Å². The first-order chi connectivity index (χ1) is 15.0. The van der Waals surface area contributed by atoms with Crippen LogP contribution in [0, 0.1) is 20.8 Å². The normalized spacial score (nSPS) is 10.9. The number of aryl methyl sites for hydroxylation is 3. The number of fused-ring (bicyclic) bond motifs is 1. The first-order valence-corrected chi connectivity index (χ1v) is 11.0. The second-order valence-electron chi connectivity index (χ2n) is 7.44. The number of amides is 1. The number of anilines is 1. The third-order valence-corrected chi connectivity index (χ3v) is 6.12. The summed E-state index contributed by atoms with van der Waals surface area (Å²) in [5.41, 5.74) is 5.06. The van der Waals surface area contributed by atoms with E-state index >= 15 is 0 Å². The molecule has 1 heterocycles. The summed E-state index contributed by atoms with van der Waals surface area (Å²) in [4.78, 5) is 30.8. The van der Waals surface area contributed by atoms with Crippen molar-refractivity contribution >= 4 is 34.3 Å². The van der Waals surface area contributed by atoms with Gasteiger partial charge in [0, 0.05) is 5.69 Å². The van der Waals surface area contributed by atoms with E-state index in [1.54, 1.807) is 10.6 Å². The number of aromatic nitrogens is 2. The van der Waals surface area contributed by atoms with Crippen LogP contribution in [0.15, 0.2) is 76.7 Å². The standard InChI is InChI=1S/C25H23N3O2S/c1-16-9-4-7-14-21(16)28-24(30)19-12-5-6-13-20(19)26-25(28)31-15-22(29)27-23-17(2)10-8-11-18(23)3/h4-14H,15H2,1-3H3,(H,27,29). The summed E-state index contributed by atoms with van der Waals surface area (Å²) in [6.45, 7) is 5.89. The van der Waals surface area contributed by atoms with Crippen molar-refractivity contribution < 1.29 is 4.79 Å². The fourth-order valence-corrected chi connectivity index (χ4v) is 4.36. The van der Waals surface area contributed by atoms with Gasteiger partial charge in [0.2, 0.25) is 5.91 Å². The molecule has 0 spiro atoms. The third kappa shape index (κ3) is 4.25. The highest BCUT2D eigenvalue weighted by Gasteiger charge is 2.16. The lowest BCUT2D eigenvalue weighted by molar-refractivity contribution is -0.113. The fraction of sp³-hybridized carbons (Fsp3) is 0.160. The van der Waals surface area contributed by atoms with Gasteiger partial charge in [-0.25, -0.2) is 4.98 Å². The molecule has 3 aromatic carbocycles. The Hall–Kier alpha value is -3.38. The van der Waals surface area contributed by atoms with E-state index in [1.165, 1.54) is 11.8 Å². The zero-order valence-electron chi connectivity index (χ0n) is 17.7. The minimum absolute atomic E-state index is 0.138. The Morgan fingerprint density at radius 3 is 2.29 bits per heavy atom. The van der Waals surface area contributed by atoms with Crippen molar-refractivity contribution in [2.45, 2.75) is 25.9 Å². The monoisotopic (exact) mass is 429 g/mol. The molecule has 0 aliphatic carbocycles. The maximum Gasteiger partial charge on any atom is 0.266 e. The molecule has 0 fully saturated rings. The van der Waals surface area contributed by atoms with Gasteiger partial charge < -0.3 is 5.32 Å². The van der Waals surface area contributed by atoms with Crippen molar-refractivity contribution in [2.24, 2.45) is 0 Å². The molecule has 0 unspecified atom stereocenters. The van der Waals surface area contributed by atoms with Gasteiger partial charge in [-0.1, -0.05) is 60.3 Å². The summed E-state index contributed by atoms with van der Waals surface area (Å²) >= 11 is 1.26. The number of rotatable bonds is 5. The highest BCUT2D eigenvalue weighted by Crippen LogP contribution is 2.24.